The van der Waals surface area contributed by atoms with E-state index in [4.69, 9.17) is 4.74 Å². The quantitative estimate of drug-likeness (QED) is 0.750. The monoisotopic (exact) mass is 338 g/mol. The molecule has 1 atom stereocenters. The maximum atomic E-state index is 11.8. The molecular formula is C21H26N2O2. The Balaban J connectivity index is 1.70. The summed E-state index contributed by atoms with van der Waals surface area (Å²) in [6.07, 6.45) is 0.468. The number of benzene rings is 2. The van der Waals surface area contributed by atoms with E-state index in [1.807, 2.05) is 36.4 Å². The van der Waals surface area contributed by atoms with Crippen LogP contribution >= 0.6 is 0 Å². The molecule has 4 heteroatoms. The van der Waals surface area contributed by atoms with Crippen LogP contribution in [0.5, 0.6) is 0 Å². The van der Waals surface area contributed by atoms with E-state index >= 15 is 0 Å². The number of carbonyl (C=O) groups excluding carboxylic acids is 1. The van der Waals surface area contributed by atoms with Gasteiger partial charge >= 0.3 is 0 Å². The highest BCUT2D eigenvalue weighted by Crippen LogP contribution is 2.29. The van der Waals surface area contributed by atoms with E-state index in [9.17, 15) is 4.79 Å². The zero-order chi connectivity index (χ0) is 17.3. The first-order valence-corrected chi connectivity index (χ1v) is 8.98. The summed E-state index contributed by atoms with van der Waals surface area (Å²) in [6.45, 7) is 5.55. The number of nitrogens with zero attached hydrogens (tertiary/aromatic N) is 1. The molecule has 0 spiro atoms. The zero-order valence-corrected chi connectivity index (χ0v) is 14.5. The van der Waals surface area contributed by atoms with Crippen molar-refractivity contribution < 1.29 is 9.53 Å². The Morgan fingerprint density at radius 2 is 1.52 bits per heavy atom. The summed E-state index contributed by atoms with van der Waals surface area (Å²) >= 11 is 0. The fourth-order valence-corrected chi connectivity index (χ4v) is 3.36. The maximum absolute atomic E-state index is 11.8. The molecule has 1 saturated heterocycles. The highest BCUT2D eigenvalue weighted by Gasteiger charge is 2.25. The molecule has 0 radical (unpaired) electrons. The van der Waals surface area contributed by atoms with Crippen molar-refractivity contribution in [1.82, 2.24) is 10.2 Å². The predicted molar refractivity (Wildman–Crippen MR) is 99.8 cm³/mol. The average Bonchev–Trinajstić information content (AvgIpc) is 2.69. The SMILES string of the molecule is O=CC(OCCN1CCNCC1)C(c1ccccc1)c1ccccc1. The molecule has 1 fully saturated rings. The Morgan fingerprint density at radius 3 is 2.04 bits per heavy atom. The third kappa shape index (κ3) is 4.98. The third-order valence-corrected chi connectivity index (χ3v) is 4.71. The molecular weight excluding hydrogens is 312 g/mol. The van der Waals surface area contributed by atoms with Gasteiger partial charge in [0.2, 0.25) is 0 Å². The van der Waals surface area contributed by atoms with Crippen molar-refractivity contribution in [3.63, 3.8) is 0 Å². The Hall–Kier alpha value is -2.01. The first kappa shape index (κ1) is 17.8. The number of piperazine rings is 1. The molecule has 0 aromatic heterocycles. The first-order valence-electron chi connectivity index (χ1n) is 8.98. The number of carbonyl (C=O) groups is 1. The maximum Gasteiger partial charge on any atom is 0.149 e. The predicted octanol–water partition coefficient (Wildman–Crippen LogP) is 2.31. The second kappa shape index (κ2) is 9.47. The minimum Gasteiger partial charge on any atom is -0.368 e. The number of aldehydes is 1. The van der Waals surface area contributed by atoms with E-state index < -0.39 is 6.10 Å². The summed E-state index contributed by atoms with van der Waals surface area (Å²) < 4.78 is 6.03. The minimum atomic E-state index is -0.479. The fourth-order valence-electron chi connectivity index (χ4n) is 3.36. The van der Waals surface area contributed by atoms with Crippen LogP contribution in [-0.4, -0.2) is 56.6 Å². The van der Waals surface area contributed by atoms with Crippen LogP contribution in [0.1, 0.15) is 17.0 Å². The Labute approximate surface area is 149 Å². The molecule has 4 nitrogen and oxygen atoms in total. The van der Waals surface area contributed by atoms with Gasteiger partial charge in [0, 0.05) is 38.6 Å². The lowest BCUT2D eigenvalue weighted by Crippen LogP contribution is -2.45. The highest BCUT2D eigenvalue weighted by atomic mass is 16.5. The number of hydrogen-bond donors (Lipinski definition) is 1. The smallest absolute Gasteiger partial charge is 0.149 e. The summed E-state index contributed by atoms with van der Waals surface area (Å²) in [5.41, 5.74) is 2.21. The van der Waals surface area contributed by atoms with Crippen LogP contribution in [0.25, 0.3) is 0 Å². The van der Waals surface area contributed by atoms with Crippen molar-refractivity contribution in [3.8, 4) is 0 Å². The van der Waals surface area contributed by atoms with Gasteiger partial charge in [0.15, 0.2) is 0 Å². The van der Waals surface area contributed by atoms with Gasteiger partial charge in [-0.2, -0.15) is 0 Å². The van der Waals surface area contributed by atoms with Crippen molar-refractivity contribution in [2.75, 3.05) is 39.3 Å². The van der Waals surface area contributed by atoms with Crippen molar-refractivity contribution in [2.45, 2.75) is 12.0 Å². The van der Waals surface area contributed by atoms with Gasteiger partial charge in [-0.3, -0.25) is 4.90 Å². The normalized spacial score (nSPS) is 16.7. The first-order chi connectivity index (χ1) is 12.4. The topological polar surface area (TPSA) is 41.6 Å². The van der Waals surface area contributed by atoms with Crippen LogP contribution in [0.2, 0.25) is 0 Å². The van der Waals surface area contributed by atoms with E-state index in [1.165, 1.54) is 0 Å². The molecule has 0 bridgehead atoms. The lowest BCUT2D eigenvalue weighted by Gasteiger charge is -2.29. The molecule has 2 aromatic carbocycles. The Bertz CT molecular complexity index is 587. The molecule has 2 aromatic rings. The second-order valence-electron chi connectivity index (χ2n) is 6.36. The summed E-state index contributed by atoms with van der Waals surface area (Å²) in [5.74, 6) is -0.0806. The zero-order valence-electron chi connectivity index (χ0n) is 14.5. The summed E-state index contributed by atoms with van der Waals surface area (Å²) in [7, 11) is 0. The molecule has 25 heavy (non-hydrogen) atoms. The van der Waals surface area contributed by atoms with E-state index in [0.717, 1.165) is 50.1 Å². The number of nitrogens with one attached hydrogen (secondary N) is 1. The van der Waals surface area contributed by atoms with Gasteiger partial charge in [-0.25, -0.2) is 0 Å². The van der Waals surface area contributed by atoms with Crippen molar-refractivity contribution in [2.24, 2.45) is 0 Å². The molecule has 1 N–H and O–H groups in total. The van der Waals surface area contributed by atoms with Gasteiger partial charge in [-0.1, -0.05) is 60.7 Å². The van der Waals surface area contributed by atoms with Gasteiger partial charge in [0.1, 0.15) is 12.4 Å². The van der Waals surface area contributed by atoms with Gasteiger partial charge in [-0.05, 0) is 11.1 Å². The standard InChI is InChI=1S/C21H26N2O2/c24-17-20(25-16-15-23-13-11-22-12-14-23)21(18-7-3-1-4-8-18)19-9-5-2-6-10-19/h1-10,17,20-22H,11-16H2. The largest absolute Gasteiger partial charge is 0.368 e. The Kier molecular flexibility index (Phi) is 6.74. The van der Waals surface area contributed by atoms with Crippen molar-refractivity contribution in [3.05, 3.63) is 71.8 Å². The van der Waals surface area contributed by atoms with Crippen LogP contribution in [0.3, 0.4) is 0 Å². The summed E-state index contributed by atoms with van der Waals surface area (Å²) in [4.78, 5) is 14.2. The lowest BCUT2D eigenvalue weighted by molar-refractivity contribution is -0.119. The summed E-state index contributed by atoms with van der Waals surface area (Å²) in [6, 6.07) is 20.3. The average molecular weight is 338 g/mol. The van der Waals surface area contributed by atoms with Crippen molar-refractivity contribution >= 4 is 6.29 Å². The van der Waals surface area contributed by atoms with E-state index in [2.05, 4.69) is 34.5 Å². The van der Waals surface area contributed by atoms with Crippen LogP contribution in [-0.2, 0) is 9.53 Å². The molecule has 0 aliphatic carbocycles. The molecule has 1 unspecified atom stereocenters. The molecule has 1 heterocycles. The second-order valence-corrected chi connectivity index (χ2v) is 6.36. The van der Waals surface area contributed by atoms with Gasteiger partial charge in [0.25, 0.3) is 0 Å². The molecule has 1 aliphatic heterocycles. The molecule has 1 aliphatic rings. The number of hydrogen-bond acceptors (Lipinski definition) is 4. The minimum absolute atomic E-state index is 0.0806. The molecule has 132 valence electrons. The van der Waals surface area contributed by atoms with Crippen molar-refractivity contribution in [1.29, 1.82) is 0 Å². The summed E-state index contributed by atoms with van der Waals surface area (Å²) in [5, 5.41) is 3.35. The third-order valence-electron chi connectivity index (χ3n) is 4.71. The van der Waals surface area contributed by atoms with E-state index in [0.29, 0.717) is 6.61 Å². The van der Waals surface area contributed by atoms with Crippen LogP contribution in [0.15, 0.2) is 60.7 Å². The molecule has 0 amide bonds. The van der Waals surface area contributed by atoms with Crippen LogP contribution in [0, 0.1) is 0 Å². The van der Waals surface area contributed by atoms with Gasteiger partial charge in [-0.15, -0.1) is 0 Å². The number of rotatable bonds is 8. The van der Waals surface area contributed by atoms with Crippen LogP contribution in [0.4, 0.5) is 0 Å². The Morgan fingerprint density at radius 1 is 0.960 bits per heavy atom. The van der Waals surface area contributed by atoms with Crippen LogP contribution < -0.4 is 5.32 Å². The highest BCUT2D eigenvalue weighted by molar-refractivity contribution is 5.61. The number of ether oxygens (including phenoxy) is 1. The van der Waals surface area contributed by atoms with Gasteiger partial charge < -0.3 is 14.8 Å². The van der Waals surface area contributed by atoms with E-state index in [-0.39, 0.29) is 5.92 Å². The van der Waals surface area contributed by atoms with E-state index in [1.54, 1.807) is 0 Å². The van der Waals surface area contributed by atoms with Gasteiger partial charge in [0.05, 0.1) is 6.61 Å². The fraction of sp³-hybridized carbons (Fsp3) is 0.381. The molecule has 3 rings (SSSR count). The lowest BCUT2D eigenvalue weighted by atomic mass is 9.87. The molecule has 0 saturated carbocycles.